The first-order chi connectivity index (χ1) is 12.4. The van der Waals surface area contributed by atoms with Crippen LogP contribution in [0, 0.1) is 19.7 Å². The maximum atomic E-state index is 14.3. The van der Waals surface area contributed by atoms with Gasteiger partial charge in [-0.05, 0) is 39.0 Å². The molecule has 0 atom stereocenters. The largest absolute Gasteiger partial charge is 0.366 e. The van der Waals surface area contributed by atoms with Gasteiger partial charge in [-0.3, -0.25) is 9.59 Å². The van der Waals surface area contributed by atoms with E-state index in [-0.39, 0.29) is 18.1 Å². The molecule has 26 heavy (non-hydrogen) atoms. The first-order valence-electron chi connectivity index (χ1n) is 8.61. The molecule has 0 unspecified atom stereocenters. The molecule has 0 aliphatic carbocycles. The summed E-state index contributed by atoms with van der Waals surface area (Å²) in [6.07, 6.45) is 0.267. The number of hydrogen-bond acceptors (Lipinski definition) is 5. The smallest absolute Gasteiger partial charge is 0.227 e. The van der Waals surface area contributed by atoms with Crippen LogP contribution in [0.15, 0.2) is 22.7 Å². The monoisotopic (exact) mass is 359 g/mol. The summed E-state index contributed by atoms with van der Waals surface area (Å²) in [6.45, 7) is 7.18. The van der Waals surface area contributed by atoms with E-state index in [1.54, 1.807) is 24.0 Å². The number of anilines is 1. The zero-order chi connectivity index (χ0) is 18.8. The summed E-state index contributed by atoms with van der Waals surface area (Å²) in [4.78, 5) is 27.6. The summed E-state index contributed by atoms with van der Waals surface area (Å²) in [5, 5.41) is 3.88. The van der Waals surface area contributed by atoms with Gasteiger partial charge in [0.2, 0.25) is 5.91 Å². The van der Waals surface area contributed by atoms with Crippen LogP contribution < -0.4 is 4.90 Å². The first-order valence-corrected chi connectivity index (χ1v) is 8.61. The van der Waals surface area contributed by atoms with E-state index in [1.165, 1.54) is 13.0 Å². The number of carbonyl (C=O) groups excluding carboxylic acids is 2. The third-order valence-corrected chi connectivity index (χ3v) is 4.84. The predicted octanol–water partition coefficient (Wildman–Crippen LogP) is 2.52. The van der Waals surface area contributed by atoms with Crippen LogP contribution >= 0.6 is 0 Å². The van der Waals surface area contributed by atoms with Gasteiger partial charge in [-0.15, -0.1) is 0 Å². The minimum absolute atomic E-state index is 0.0199. The van der Waals surface area contributed by atoms with Crippen LogP contribution in [-0.4, -0.2) is 47.9 Å². The molecule has 0 radical (unpaired) electrons. The topological polar surface area (TPSA) is 66.7 Å². The summed E-state index contributed by atoms with van der Waals surface area (Å²) in [5.74, 6) is 0.118. The van der Waals surface area contributed by atoms with Crippen molar-refractivity contribution >= 4 is 17.4 Å². The SMILES string of the molecule is CC(=O)c1ccc(N2CCN(C(=O)Cc3c(C)noc3C)CC2)c(F)c1. The molecule has 1 aliphatic heterocycles. The lowest BCUT2D eigenvalue weighted by molar-refractivity contribution is -0.130. The number of Topliss-reactive ketones (excluding diaryl/α,β-unsaturated/α-hetero) is 1. The van der Waals surface area contributed by atoms with Crippen molar-refractivity contribution in [1.82, 2.24) is 10.1 Å². The van der Waals surface area contributed by atoms with Gasteiger partial charge >= 0.3 is 0 Å². The fourth-order valence-electron chi connectivity index (χ4n) is 3.20. The normalized spacial score (nSPS) is 14.6. The maximum Gasteiger partial charge on any atom is 0.227 e. The van der Waals surface area contributed by atoms with Crippen LogP contribution in [0.3, 0.4) is 0 Å². The number of carbonyl (C=O) groups is 2. The van der Waals surface area contributed by atoms with Gasteiger partial charge in [0.25, 0.3) is 0 Å². The Bertz CT molecular complexity index is 819. The Morgan fingerprint density at radius 3 is 2.42 bits per heavy atom. The minimum atomic E-state index is -0.409. The molecule has 1 saturated heterocycles. The second kappa shape index (κ2) is 7.27. The minimum Gasteiger partial charge on any atom is -0.366 e. The van der Waals surface area contributed by atoms with Gasteiger partial charge < -0.3 is 14.3 Å². The zero-order valence-corrected chi connectivity index (χ0v) is 15.2. The summed E-state index contributed by atoms with van der Waals surface area (Å²) in [7, 11) is 0. The molecule has 3 rings (SSSR count). The van der Waals surface area contributed by atoms with E-state index in [0.717, 1.165) is 11.3 Å². The fraction of sp³-hybridized carbons (Fsp3) is 0.421. The number of benzene rings is 1. The zero-order valence-electron chi connectivity index (χ0n) is 15.2. The molecule has 6 nitrogen and oxygen atoms in total. The average Bonchev–Trinajstić information content (AvgIpc) is 2.93. The van der Waals surface area contributed by atoms with Crippen molar-refractivity contribution in [2.24, 2.45) is 0 Å². The predicted molar refractivity (Wildman–Crippen MR) is 94.9 cm³/mol. The highest BCUT2D eigenvalue weighted by atomic mass is 19.1. The van der Waals surface area contributed by atoms with Crippen molar-refractivity contribution in [3.05, 3.63) is 46.6 Å². The van der Waals surface area contributed by atoms with Crippen LogP contribution in [0.2, 0.25) is 0 Å². The van der Waals surface area contributed by atoms with Crippen molar-refractivity contribution < 1.29 is 18.5 Å². The van der Waals surface area contributed by atoms with Crippen molar-refractivity contribution in [1.29, 1.82) is 0 Å². The standard InChI is InChI=1S/C19H22FN3O3/c1-12-16(14(3)26-21-12)11-19(25)23-8-6-22(7-9-23)18-5-4-15(13(2)24)10-17(18)20/h4-5,10H,6-9,11H2,1-3H3. The fourth-order valence-corrected chi connectivity index (χ4v) is 3.20. The quantitative estimate of drug-likeness (QED) is 0.785. The van der Waals surface area contributed by atoms with Gasteiger partial charge in [-0.2, -0.15) is 0 Å². The average molecular weight is 359 g/mol. The number of nitrogens with zero attached hydrogens (tertiary/aromatic N) is 3. The summed E-state index contributed by atoms with van der Waals surface area (Å²) >= 11 is 0. The molecular weight excluding hydrogens is 337 g/mol. The molecule has 0 saturated carbocycles. The lowest BCUT2D eigenvalue weighted by atomic mass is 10.1. The van der Waals surface area contributed by atoms with Gasteiger partial charge in [0.15, 0.2) is 5.78 Å². The number of piperazine rings is 1. The third kappa shape index (κ3) is 3.61. The highest BCUT2D eigenvalue weighted by Gasteiger charge is 2.24. The van der Waals surface area contributed by atoms with Crippen molar-refractivity contribution in [2.75, 3.05) is 31.1 Å². The lowest BCUT2D eigenvalue weighted by Crippen LogP contribution is -2.49. The molecule has 1 aromatic carbocycles. The number of ketones is 1. The van der Waals surface area contributed by atoms with Crippen molar-refractivity contribution in [2.45, 2.75) is 27.2 Å². The number of aryl methyl sites for hydroxylation is 2. The molecule has 1 fully saturated rings. The van der Waals surface area contributed by atoms with Crippen LogP contribution in [-0.2, 0) is 11.2 Å². The number of aromatic nitrogens is 1. The van der Waals surface area contributed by atoms with E-state index in [4.69, 9.17) is 4.52 Å². The maximum absolute atomic E-state index is 14.3. The van der Waals surface area contributed by atoms with E-state index in [2.05, 4.69) is 5.16 Å². The van der Waals surface area contributed by atoms with E-state index in [9.17, 15) is 14.0 Å². The molecule has 1 aromatic heterocycles. The Kier molecular flexibility index (Phi) is 5.06. The molecule has 2 aromatic rings. The number of amides is 1. The molecule has 1 amide bonds. The highest BCUT2D eigenvalue weighted by molar-refractivity contribution is 5.94. The molecule has 2 heterocycles. The van der Waals surface area contributed by atoms with Crippen LogP contribution in [0.4, 0.5) is 10.1 Å². The Balaban J connectivity index is 1.62. The van der Waals surface area contributed by atoms with Gasteiger partial charge in [0, 0.05) is 37.3 Å². The number of rotatable bonds is 4. The summed E-state index contributed by atoms with van der Waals surface area (Å²) < 4.78 is 19.4. The van der Waals surface area contributed by atoms with Gasteiger partial charge in [-0.25, -0.2) is 4.39 Å². The van der Waals surface area contributed by atoms with Gasteiger partial charge in [0.05, 0.1) is 17.8 Å². The molecule has 0 N–H and O–H groups in total. The Hall–Kier alpha value is -2.70. The third-order valence-electron chi connectivity index (χ3n) is 4.84. The Labute approximate surface area is 151 Å². The van der Waals surface area contributed by atoms with E-state index >= 15 is 0 Å². The molecule has 7 heteroatoms. The molecule has 138 valence electrons. The summed E-state index contributed by atoms with van der Waals surface area (Å²) in [6, 6.07) is 4.54. The van der Waals surface area contributed by atoms with E-state index < -0.39 is 5.82 Å². The van der Waals surface area contributed by atoms with Crippen LogP contribution in [0.25, 0.3) is 0 Å². The first kappa shape index (κ1) is 18.1. The Morgan fingerprint density at radius 1 is 1.19 bits per heavy atom. The van der Waals surface area contributed by atoms with Crippen LogP contribution in [0.5, 0.6) is 0 Å². The van der Waals surface area contributed by atoms with Crippen LogP contribution in [0.1, 0.15) is 34.3 Å². The number of hydrogen-bond donors (Lipinski definition) is 0. The second-order valence-corrected chi connectivity index (χ2v) is 6.57. The second-order valence-electron chi connectivity index (χ2n) is 6.57. The highest BCUT2D eigenvalue weighted by Crippen LogP contribution is 2.23. The lowest BCUT2D eigenvalue weighted by Gasteiger charge is -2.36. The van der Waals surface area contributed by atoms with Gasteiger partial charge in [0.1, 0.15) is 11.6 Å². The Morgan fingerprint density at radius 2 is 1.88 bits per heavy atom. The van der Waals surface area contributed by atoms with Crippen molar-refractivity contribution in [3.8, 4) is 0 Å². The van der Waals surface area contributed by atoms with Gasteiger partial charge in [-0.1, -0.05) is 5.16 Å². The number of halogens is 1. The molecule has 1 aliphatic rings. The van der Waals surface area contributed by atoms with E-state index in [1.807, 2.05) is 11.8 Å². The van der Waals surface area contributed by atoms with E-state index in [0.29, 0.717) is 43.2 Å². The summed E-state index contributed by atoms with van der Waals surface area (Å²) in [5.41, 5.74) is 2.40. The molecular formula is C19H22FN3O3. The molecule has 0 spiro atoms. The molecule has 0 bridgehead atoms. The van der Waals surface area contributed by atoms with Crippen molar-refractivity contribution in [3.63, 3.8) is 0 Å².